The molecule has 0 unspecified atom stereocenters. The van der Waals surface area contributed by atoms with Gasteiger partial charge < -0.3 is 15.0 Å². The first-order valence-corrected chi connectivity index (χ1v) is 14.8. The number of benzene rings is 1. The van der Waals surface area contributed by atoms with Gasteiger partial charge in [-0.1, -0.05) is 74.7 Å². The highest BCUT2D eigenvalue weighted by Gasteiger charge is 2.37. The SMILES string of the molecule is CC[C@@H]1CSC(=NNC(=O)C(=O)[C@H](NC(=O)C2CCCCCC2)C2CCOCC2)N1Cc1ccccc1. The highest BCUT2D eigenvalue weighted by Crippen LogP contribution is 2.28. The minimum atomic E-state index is -0.847. The summed E-state index contributed by atoms with van der Waals surface area (Å²) in [5.74, 6) is -0.818. The molecule has 0 radical (unpaired) electrons. The number of nitrogens with one attached hydrogen (secondary N) is 2. The second kappa shape index (κ2) is 14.0. The maximum absolute atomic E-state index is 13.4. The summed E-state index contributed by atoms with van der Waals surface area (Å²) in [5.41, 5.74) is 3.69. The first-order chi connectivity index (χ1) is 18.1. The third kappa shape index (κ3) is 7.57. The fraction of sp³-hybridized carbons (Fsp3) is 0.643. The van der Waals surface area contributed by atoms with Gasteiger partial charge in [0.2, 0.25) is 11.7 Å². The molecule has 1 saturated carbocycles. The van der Waals surface area contributed by atoms with E-state index in [1.165, 1.54) is 5.56 Å². The third-order valence-electron chi connectivity index (χ3n) is 7.78. The summed E-state index contributed by atoms with van der Waals surface area (Å²) in [5, 5.41) is 8.07. The van der Waals surface area contributed by atoms with Gasteiger partial charge in [-0.05, 0) is 43.6 Å². The Balaban J connectivity index is 1.43. The fourth-order valence-corrected chi connectivity index (χ4v) is 6.71. The minimum absolute atomic E-state index is 0.0895. The lowest BCUT2D eigenvalue weighted by Gasteiger charge is -2.30. The molecule has 8 nitrogen and oxygen atoms in total. The van der Waals surface area contributed by atoms with Gasteiger partial charge in [0, 0.05) is 37.5 Å². The molecular weight excluding hydrogens is 488 g/mol. The normalized spacial score (nSPS) is 23.4. The van der Waals surface area contributed by atoms with E-state index in [2.05, 4.69) is 39.8 Å². The molecule has 37 heavy (non-hydrogen) atoms. The number of carbonyl (C=O) groups excluding carboxylic acids is 3. The molecule has 2 N–H and O–H groups in total. The van der Waals surface area contributed by atoms with Gasteiger partial charge in [-0.15, -0.1) is 5.10 Å². The van der Waals surface area contributed by atoms with Crippen molar-refractivity contribution < 1.29 is 19.1 Å². The third-order valence-corrected chi connectivity index (χ3v) is 8.91. The van der Waals surface area contributed by atoms with Crippen LogP contribution in [0.4, 0.5) is 0 Å². The van der Waals surface area contributed by atoms with Gasteiger partial charge in [-0.2, -0.15) is 0 Å². The summed E-state index contributed by atoms with van der Waals surface area (Å²) < 4.78 is 5.47. The largest absolute Gasteiger partial charge is 0.381 e. The van der Waals surface area contributed by atoms with Crippen molar-refractivity contribution in [3.63, 3.8) is 0 Å². The van der Waals surface area contributed by atoms with E-state index >= 15 is 0 Å². The number of nitrogens with zero attached hydrogens (tertiary/aromatic N) is 2. The van der Waals surface area contributed by atoms with Crippen molar-refractivity contribution in [2.45, 2.75) is 83.3 Å². The molecule has 1 aliphatic carbocycles. The van der Waals surface area contributed by atoms with Crippen LogP contribution in [0.3, 0.4) is 0 Å². The zero-order valence-electron chi connectivity index (χ0n) is 21.8. The van der Waals surface area contributed by atoms with Gasteiger partial charge in [-0.25, -0.2) is 5.43 Å². The molecule has 3 aliphatic rings. The summed E-state index contributed by atoms with van der Waals surface area (Å²) >= 11 is 1.59. The molecule has 1 aromatic carbocycles. The highest BCUT2D eigenvalue weighted by atomic mass is 32.2. The Labute approximate surface area is 224 Å². The first kappa shape index (κ1) is 27.6. The Morgan fingerprint density at radius 3 is 2.43 bits per heavy atom. The Kier molecular flexibility index (Phi) is 10.4. The number of ketones is 1. The van der Waals surface area contributed by atoms with E-state index in [1.54, 1.807) is 11.8 Å². The average molecular weight is 529 g/mol. The maximum Gasteiger partial charge on any atom is 0.309 e. The van der Waals surface area contributed by atoms with Crippen LogP contribution in [0.2, 0.25) is 0 Å². The Morgan fingerprint density at radius 2 is 1.76 bits per heavy atom. The van der Waals surface area contributed by atoms with E-state index in [0.717, 1.165) is 50.7 Å². The smallest absolute Gasteiger partial charge is 0.309 e. The molecule has 2 aliphatic heterocycles. The van der Waals surface area contributed by atoms with Crippen molar-refractivity contribution in [2.24, 2.45) is 16.9 Å². The zero-order valence-corrected chi connectivity index (χ0v) is 22.6. The van der Waals surface area contributed by atoms with E-state index in [0.29, 0.717) is 43.8 Å². The van der Waals surface area contributed by atoms with Crippen LogP contribution in [0.5, 0.6) is 0 Å². The van der Waals surface area contributed by atoms with Crippen LogP contribution < -0.4 is 10.7 Å². The summed E-state index contributed by atoms with van der Waals surface area (Å²) in [6.45, 7) is 3.89. The molecule has 9 heteroatoms. The van der Waals surface area contributed by atoms with E-state index in [9.17, 15) is 14.4 Å². The first-order valence-electron chi connectivity index (χ1n) is 13.8. The van der Waals surface area contributed by atoms with Gasteiger partial charge in [0.1, 0.15) is 6.04 Å². The van der Waals surface area contributed by atoms with Gasteiger partial charge in [0.15, 0.2) is 5.17 Å². The van der Waals surface area contributed by atoms with Crippen LogP contribution in [-0.2, 0) is 25.7 Å². The number of hydrogen-bond donors (Lipinski definition) is 2. The van der Waals surface area contributed by atoms with E-state index in [-0.39, 0.29) is 17.7 Å². The number of ether oxygens (including phenoxy) is 1. The van der Waals surface area contributed by atoms with Crippen LogP contribution in [0.25, 0.3) is 0 Å². The second-order valence-electron chi connectivity index (χ2n) is 10.3. The molecule has 0 bridgehead atoms. The molecular formula is C28H40N4O4S. The number of amides is 2. The maximum atomic E-state index is 13.4. The fourth-order valence-electron chi connectivity index (χ4n) is 5.47. The number of amidine groups is 1. The van der Waals surface area contributed by atoms with Crippen molar-refractivity contribution >= 4 is 34.5 Å². The molecule has 4 rings (SSSR count). The Hall–Kier alpha value is -2.39. The van der Waals surface area contributed by atoms with Crippen molar-refractivity contribution in [1.29, 1.82) is 0 Å². The van der Waals surface area contributed by atoms with Crippen LogP contribution in [-0.4, -0.2) is 58.7 Å². The van der Waals surface area contributed by atoms with Crippen LogP contribution >= 0.6 is 11.8 Å². The zero-order chi connectivity index (χ0) is 26.0. The molecule has 0 spiro atoms. The highest BCUT2D eigenvalue weighted by molar-refractivity contribution is 8.14. The molecule has 2 saturated heterocycles. The summed E-state index contributed by atoms with van der Waals surface area (Å²) in [6.07, 6.45) is 8.28. The number of hydrogen-bond acceptors (Lipinski definition) is 6. The number of hydrazone groups is 1. The van der Waals surface area contributed by atoms with Crippen LogP contribution in [0.15, 0.2) is 35.4 Å². The lowest BCUT2D eigenvalue weighted by Crippen LogP contribution is -2.53. The number of thioether (sulfide) groups is 1. The predicted octanol–water partition coefficient (Wildman–Crippen LogP) is 3.85. The number of Topliss-reactive ketones (excluding diaryl/α,β-unsaturated/α-hetero) is 1. The van der Waals surface area contributed by atoms with E-state index < -0.39 is 17.7 Å². The van der Waals surface area contributed by atoms with Crippen molar-refractivity contribution in [1.82, 2.24) is 15.6 Å². The van der Waals surface area contributed by atoms with Crippen LogP contribution in [0, 0.1) is 11.8 Å². The lowest BCUT2D eigenvalue weighted by atomic mass is 9.87. The molecule has 0 aromatic heterocycles. The lowest BCUT2D eigenvalue weighted by molar-refractivity contribution is -0.142. The van der Waals surface area contributed by atoms with E-state index in [1.807, 2.05) is 18.2 Å². The van der Waals surface area contributed by atoms with Crippen molar-refractivity contribution in [3.8, 4) is 0 Å². The van der Waals surface area contributed by atoms with Gasteiger partial charge in [0.05, 0.1) is 0 Å². The molecule has 2 atom stereocenters. The van der Waals surface area contributed by atoms with Crippen molar-refractivity contribution in [3.05, 3.63) is 35.9 Å². The second-order valence-corrected chi connectivity index (χ2v) is 11.3. The molecule has 3 fully saturated rings. The van der Waals surface area contributed by atoms with Gasteiger partial charge in [-0.3, -0.25) is 14.4 Å². The van der Waals surface area contributed by atoms with Crippen molar-refractivity contribution in [2.75, 3.05) is 19.0 Å². The molecule has 2 heterocycles. The van der Waals surface area contributed by atoms with Gasteiger partial charge in [0.25, 0.3) is 0 Å². The van der Waals surface area contributed by atoms with Crippen LogP contribution in [0.1, 0.15) is 70.3 Å². The van der Waals surface area contributed by atoms with E-state index in [4.69, 9.17) is 4.74 Å². The monoisotopic (exact) mass is 528 g/mol. The summed E-state index contributed by atoms with van der Waals surface area (Å²) in [4.78, 5) is 41.7. The topological polar surface area (TPSA) is 100 Å². The van der Waals surface area contributed by atoms with Gasteiger partial charge >= 0.3 is 5.91 Å². The number of carbonyl (C=O) groups is 3. The quantitative estimate of drug-likeness (QED) is 0.287. The molecule has 2 amide bonds. The Morgan fingerprint density at radius 1 is 1.05 bits per heavy atom. The summed E-state index contributed by atoms with van der Waals surface area (Å²) in [7, 11) is 0. The predicted molar refractivity (Wildman–Crippen MR) is 146 cm³/mol. The average Bonchev–Trinajstić information content (AvgIpc) is 3.12. The number of rotatable bonds is 9. The molecule has 202 valence electrons. The standard InChI is InChI=1S/C28H40N4O4S/c1-2-23-19-37-28(32(23)18-20-10-6-5-7-11-20)31-30-27(35)25(33)24(21-14-16-36-17-15-21)29-26(34)22-12-8-3-4-9-13-22/h5-7,10-11,21-24H,2-4,8-9,12-19H2,1H3,(H,29,34)(H,30,35)/t23-,24-/m1/s1. The Bertz CT molecular complexity index is 943. The minimum Gasteiger partial charge on any atom is -0.381 e. The summed E-state index contributed by atoms with van der Waals surface area (Å²) in [6, 6.07) is 9.62. The molecule has 1 aromatic rings.